The third-order valence-electron chi connectivity index (χ3n) is 7.20. The summed E-state index contributed by atoms with van der Waals surface area (Å²) in [5.41, 5.74) is -2.39. The summed E-state index contributed by atoms with van der Waals surface area (Å²) in [6.45, 7) is 1.66. The maximum atomic E-state index is 13.2. The molecule has 1 aliphatic carbocycles. The van der Waals surface area contributed by atoms with Crippen LogP contribution in [0.25, 0.3) is 0 Å². The molecule has 3 nitrogen and oxygen atoms in total. The molecule has 1 heterocycles. The third kappa shape index (κ3) is 6.54. The first-order valence-electron chi connectivity index (χ1n) is 12.0. The maximum Gasteiger partial charge on any atom is 0.416 e. The first-order valence-corrected chi connectivity index (χ1v) is 12.4. The van der Waals surface area contributed by atoms with Crippen molar-refractivity contribution in [3.8, 4) is 0 Å². The van der Waals surface area contributed by atoms with Gasteiger partial charge in [0.1, 0.15) is 0 Å². The van der Waals surface area contributed by atoms with Gasteiger partial charge in [0.2, 0.25) is 0 Å². The van der Waals surface area contributed by atoms with Gasteiger partial charge < -0.3 is 5.32 Å². The van der Waals surface area contributed by atoms with Crippen molar-refractivity contribution in [3.05, 3.63) is 69.7 Å². The van der Waals surface area contributed by atoms with E-state index in [1.54, 1.807) is 0 Å². The van der Waals surface area contributed by atoms with Gasteiger partial charge in [-0.1, -0.05) is 23.7 Å². The number of rotatable bonds is 5. The fourth-order valence-electron chi connectivity index (χ4n) is 5.33. The number of hydrogen-bond acceptors (Lipinski definition) is 2. The zero-order chi connectivity index (χ0) is 26.1. The van der Waals surface area contributed by atoms with Gasteiger partial charge in [-0.05, 0) is 93.4 Å². The minimum Gasteiger partial charge on any atom is -0.348 e. The molecule has 0 radical (unpaired) electrons. The molecule has 196 valence electrons. The number of alkyl halides is 6. The molecule has 4 rings (SSSR count). The number of piperidine rings is 1. The van der Waals surface area contributed by atoms with Gasteiger partial charge in [-0.3, -0.25) is 9.69 Å². The second-order valence-corrected chi connectivity index (χ2v) is 10.1. The SMILES string of the molecule is O=C(NC1CCCC1N1CCC(Cc2ccc(Cl)cc2)CC1)c1cc(C(F)(F)F)cc(C(F)(F)F)c1. The third-order valence-corrected chi connectivity index (χ3v) is 7.45. The molecule has 1 saturated heterocycles. The minimum absolute atomic E-state index is 0.0123. The molecular formula is C26H27ClF6N2O. The number of likely N-dealkylation sites (tertiary alicyclic amines) is 1. The lowest BCUT2D eigenvalue weighted by atomic mass is 9.89. The number of benzene rings is 2. The zero-order valence-electron chi connectivity index (χ0n) is 19.4. The van der Waals surface area contributed by atoms with Crippen molar-refractivity contribution in [3.63, 3.8) is 0 Å². The van der Waals surface area contributed by atoms with Crippen LogP contribution >= 0.6 is 11.6 Å². The van der Waals surface area contributed by atoms with E-state index in [2.05, 4.69) is 10.2 Å². The van der Waals surface area contributed by atoms with Crippen molar-refractivity contribution in [1.29, 1.82) is 0 Å². The number of carbonyl (C=O) groups is 1. The smallest absolute Gasteiger partial charge is 0.348 e. The summed E-state index contributed by atoms with van der Waals surface area (Å²) < 4.78 is 79.1. The average molecular weight is 533 g/mol. The molecule has 0 aromatic heterocycles. The van der Waals surface area contributed by atoms with Crippen LogP contribution in [0.1, 0.15) is 59.2 Å². The van der Waals surface area contributed by atoms with Crippen molar-refractivity contribution in [2.45, 2.75) is 63.0 Å². The second kappa shape index (κ2) is 10.6. The van der Waals surface area contributed by atoms with E-state index in [1.807, 2.05) is 24.3 Å². The Bertz CT molecular complexity index is 1030. The lowest BCUT2D eigenvalue weighted by Crippen LogP contribution is -2.51. The Kier molecular flexibility index (Phi) is 7.90. The number of carbonyl (C=O) groups excluding carboxylic acids is 1. The number of halogens is 7. The number of hydrogen-bond donors (Lipinski definition) is 1. The van der Waals surface area contributed by atoms with Crippen molar-refractivity contribution >= 4 is 17.5 Å². The van der Waals surface area contributed by atoms with E-state index in [1.165, 1.54) is 5.56 Å². The number of amides is 1. The zero-order valence-corrected chi connectivity index (χ0v) is 20.2. The summed E-state index contributed by atoms with van der Waals surface area (Å²) in [5, 5.41) is 3.43. The van der Waals surface area contributed by atoms with Crippen molar-refractivity contribution in [2.24, 2.45) is 5.92 Å². The van der Waals surface area contributed by atoms with Gasteiger partial charge in [0.25, 0.3) is 5.91 Å². The summed E-state index contributed by atoms with van der Waals surface area (Å²) >= 11 is 5.95. The van der Waals surface area contributed by atoms with E-state index in [4.69, 9.17) is 11.6 Å². The van der Waals surface area contributed by atoms with E-state index in [0.717, 1.165) is 45.2 Å². The summed E-state index contributed by atoms with van der Waals surface area (Å²) in [6.07, 6.45) is -4.81. The molecular weight excluding hydrogens is 506 g/mol. The van der Waals surface area contributed by atoms with Gasteiger partial charge in [-0.15, -0.1) is 0 Å². The van der Waals surface area contributed by atoms with Gasteiger partial charge in [-0.2, -0.15) is 26.3 Å². The fourth-order valence-corrected chi connectivity index (χ4v) is 5.45. The van der Waals surface area contributed by atoms with E-state index >= 15 is 0 Å². The van der Waals surface area contributed by atoms with Crippen LogP contribution in [-0.4, -0.2) is 36.0 Å². The van der Waals surface area contributed by atoms with Crippen molar-refractivity contribution < 1.29 is 31.1 Å². The number of nitrogens with zero attached hydrogens (tertiary/aromatic N) is 1. The highest BCUT2D eigenvalue weighted by Gasteiger charge is 2.39. The molecule has 2 aromatic carbocycles. The Hall–Kier alpha value is -2.26. The molecule has 2 aromatic rings. The van der Waals surface area contributed by atoms with Crippen LogP contribution in [0.4, 0.5) is 26.3 Å². The predicted molar refractivity (Wildman–Crippen MR) is 125 cm³/mol. The van der Waals surface area contributed by atoms with Crippen LogP contribution in [0.15, 0.2) is 42.5 Å². The quantitative estimate of drug-likeness (QED) is 0.421. The number of nitrogens with one attached hydrogen (secondary N) is 1. The lowest BCUT2D eigenvalue weighted by Gasteiger charge is -2.38. The normalized spacial score (nSPS) is 22.1. The molecule has 2 aliphatic rings. The Morgan fingerprint density at radius 3 is 2.03 bits per heavy atom. The highest BCUT2D eigenvalue weighted by atomic mass is 35.5. The van der Waals surface area contributed by atoms with Crippen molar-refractivity contribution in [2.75, 3.05) is 13.1 Å². The van der Waals surface area contributed by atoms with Gasteiger partial charge in [0, 0.05) is 22.7 Å². The first-order chi connectivity index (χ1) is 16.9. The van der Waals surface area contributed by atoms with Gasteiger partial charge in [0.15, 0.2) is 0 Å². The van der Waals surface area contributed by atoms with Gasteiger partial charge >= 0.3 is 12.4 Å². The highest BCUT2D eigenvalue weighted by Crippen LogP contribution is 2.37. The minimum atomic E-state index is -5.00. The van der Waals surface area contributed by atoms with Crippen LogP contribution < -0.4 is 5.32 Å². The molecule has 2 unspecified atom stereocenters. The molecule has 0 spiro atoms. The van der Waals surface area contributed by atoms with E-state index in [0.29, 0.717) is 29.5 Å². The topological polar surface area (TPSA) is 32.3 Å². The van der Waals surface area contributed by atoms with E-state index in [9.17, 15) is 31.1 Å². The average Bonchev–Trinajstić information content (AvgIpc) is 3.27. The van der Waals surface area contributed by atoms with Crippen LogP contribution in [0.5, 0.6) is 0 Å². The van der Waals surface area contributed by atoms with Gasteiger partial charge in [0.05, 0.1) is 11.1 Å². The summed E-state index contributed by atoms with van der Waals surface area (Å²) in [4.78, 5) is 15.1. The van der Waals surface area contributed by atoms with Crippen LogP contribution in [0.2, 0.25) is 5.02 Å². The fraction of sp³-hybridized carbons (Fsp3) is 0.500. The maximum absolute atomic E-state index is 13.2. The van der Waals surface area contributed by atoms with Crippen molar-refractivity contribution in [1.82, 2.24) is 10.2 Å². The largest absolute Gasteiger partial charge is 0.416 e. The highest BCUT2D eigenvalue weighted by molar-refractivity contribution is 6.30. The summed E-state index contributed by atoms with van der Waals surface area (Å²) in [6, 6.07) is 8.48. The lowest BCUT2D eigenvalue weighted by molar-refractivity contribution is -0.143. The van der Waals surface area contributed by atoms with Crippen LogP contribution in [0, 0.1) is 5.92 Å². The predicted octanol–water partition coefficient (Wildman–Crippen LogP) is 6.98. The Labute approximate surface area is 210 Å². The molecule has 2 atom stereocenters. The first kappa shape index (κ1) is 26.8. The summed E-state index contributed by atoms with van der Waals surface area (Å²) in [5.74, 6) is -0.399. The van der Waals surface area contributed by atoms with E-state index < -0.39 is 35.0 Å². The Morgan fingerprint density at radius 1 is 0.889 bits per heavy atom. The molecule has 10 heteroatoms. The molecule has 1 saturated carbocycles. The molecule has 1 N–H and O–H groups in total. The molecule has 1 amide bonds. The molecule has 0 bridgehead atoms. The molecule has 2 fully saturated rings. The Morgan fingerprint density at radius 2 is 1.47 bits per heavy atom. The van der Waals surface area contributed by atoms with Crippen LogP contribution in [0.3, 0.4) is 0 Å². The van der Waals surface area contributed by atoms with Gasteiger partial charge in [-0.25, -0.2) is 0 Å². The molecule has 36 heavy (non-hydrogen) atoms. The monoisotopic (exact) mass is 532 g/mol. The summed E-state index contributed by atoms with van der Waals surface area (Å²) in [7, 11) is 0. The van der Waals surface area contributed by atoms with Crippen LogP contribution in [-0.2, 0) is 18.8 Å². The molecule has 1 aliphatic heterocycles. The second-order valence-electron chi connectivity index (χ2n) is 9.68. The Balaban J connectivity index is 1.40. The van der Waals surface area contributed by atoms with E-state index in [-0.39, 0.29) is 18.2 Å². The standard InChI is InChI=1S/C26H27ClF6N2O/c27-21-6-4-16(5-7-21)12-17-8-10-35(11-9-17)23-3-1-2-22(23)34-24(36)18-13-19(25(28,29)30)15-20(14-18)26(31,32)33/h4-7,13-15,17,22-23H,1-3,8-12H2,(H,34,36).